The fraction of sp³-hybridized carbons (Fsp3) is 0.357. The van der Waals surface area contributed by atoms with Crippen LogP contribution in [0.1, 0.15) is 65.2 Å². The Balaban J connectivity index is 2.49. The van der Waals surface area contributed by atoms with Crippen LogP contribution in [-0.4, -0.2) is 0 Å². The van der Waals surface area contributed by atoms with Gasteiger partial charge in [-0.1, -0.05) is 90.6 Å². The Bertz CT molecular complexity index is 899. The lowest BCUT2D eigenvalue weighted by Crippen LogP contribution is -2.12. The summed E-state index contributed by atoms with van der Waals surface area (Å²) in [5.41, 5.74) is 7.52. The van der Waals surface area contributed by atoms with E-state index in [-0.39, 0.29) is 10.8 Å². The van der Waals surface area contributed by atoms with Gasteiger partial charge in [-0.2, -0.15) is 0 Å². The molecule has 0 radical (unpaired) electrons. The van der Waals surface area contributed by atoms with Crippen molar-refractivity contribution in [3.63, 3.8) is 0 Å². The number of hydrogen-bond donors (Lipinski definition) is 1. The highest BCUT2D eigenvalue weighted by atomic mass is 14.9. The molecule has 0 spiro atoms. The first-order valence-corrected chi connectivity index (χ1v) is 10.5. The van der Waals surface area contributed by atoms with Crippen LogP contribution in [0.15, 0.2) is 73.3 Å². The van der Waals surface area contributed by atoms with Gasteiger partial charge in [-0.05, 0) is 65.1 Å². The first kappa shape index (κ1) is 22.7. The fourth-order valence-corrected chi connectivity index (χ4v) is 3.35. The Labute approximate surface area is 178 Å². The predicted molar refractivity (Wildman–Crippen MR) is 131 cm³/mol. The second kappa shape index (κ2) is 9.31. The van der Waals surface area contributed by atoms with Crippen LogP contribution in [0.2, 0.25) is 0 Å². The molecular formula is C28H37N. The molecule has 1 N–H and O–H groups in total. The Morgan fingerprint density at radius 1 is 1.00 bits per heavy atom. The Hall–Kier alpha value is -2.54. The van der Waals surface area contributed by atoms with Crippen molar-refractivity contribution in [2.45, 2.75) is 60.3 Å². The second-order valence-electron chi connectivity index (χ2n) is 9.93. The maximum atomic E-state index is 4.05. The third-order valence-corrected chi connectivity index (χ3v) is 4.83. The Morgan fingerprint density at radius 2 is 1.72 bits per heavy atom. The topological polar surface area (TPSA) is 12.0 Å². The van der Waals surface area contributed by atoms with E-state index in [1.165, 1.54) is 16.7 Å². The molecule has 0 aliphatic carbocycles. The van der Waals surface area contributed by atoms with E-state index >= 15 is 0 Å². The van der Waals surface area contributed by atoms with Crippen molar-refractivity contribution in [1.82, 2.24) is 0 Å². The maximum Gasteiger partial charge on any atom is 0.0464 e. The van der Waals surface area contributed by atoms with E-state index < -0.39 is 0 Å². The van der Waals surface area contributed by atoms with E-state index in [9.17, 15) is 0 Å². The first-order chi connectivity index (χ1) is 13.5. The molecule has 0 unspecified atom stereocenters. The molecule has 0 aliphatic heterocycles. The van der Waals surface area contributed by atoms with Crippen LogP contribution >= 0.6 is 0 Å². The lowest BCUT2D eigenvalue weighted by Gasteiger charge is -2.23. The van der Waals surface area contributed by atoms with Crippen molar-refractivity contribution in [3.8, 4) is 0 Å². The second-order valence-corrected chi connectivity index (χ2v) is 9.93. The van der Waals surface area contributed by atoms with Gasteiger partial charge in [-0.3, -0.25) is 0 Å². The third kappa shape index (κ3) is 6.78. The summed E-state index contributed by atoms with van der Waals surface area (Å²) >= 11 is 0. The van der Waals surface area contributed by atoms with Gasteiger partial charge in [-0.25, -0.2) is 0 Å². The highest BCUT2D eigenvalue weighted by molar-refractivity contribution is 5.85. The zero-order chi connectivity index (χ0) is 21.7. The Kier molecular flexibility index (Phi) is 7.30. The average molecular weight is 388 g/mol. The van der Waals surface area contributed by atoms with Crippen molar-refractivity contribution >= 4 is 16.9 Å². The van der Waals surface area contributed by atoms with Crippen LogP contribution < -0.4 is 5.32 Å². The maximum absolute atomic E-state index is 4.05. The summed E-state index contributed by atoms with van der Waals surface area (Å²) in [4.78, 5) is 0. The van der Waals surface area contributed by atoms with Crippen LogP contribution in [0.5, 0.6) is 0 Å². The largest absolute Gasteiger partial charge is 0.355 e. The van der Waals surface area contributed by atoms with Gasteiger partial charge >= 0.3 is 0 Å². The SMILES string of the molecule is C=C/C(=C\C=C/C)c1cc(C(C)(C)C)ccc1Nc1cccc(CC(C)(C)C)c1. The van der Waals surface area contributed by atoms with Crippen LogP contribution in [0, 0.1) is 5.41 Å². The standard InChI is InChI=1S/C28H37N/c1-9-11-14-22(10-2)25-19-23(28(6,7)8)16-17-26(25)29-24-15-12-13-21(18-24)20-27(3,4)5/h9-19,29H,2,20H2,1,3-8H3/b11-9-,22-14+. The molecule has 0 saturated carbocycles. The van der Waals surface area contributed by atoms with Crippen LogP contribution in [0.4, 0.5) is 11.4 Å². The molecule has 0 aromatic heterocycles. The fourth-order valence-electron chi connectivity index (χ4n) is 3.35. The van der Waals surface area contributed by atoms with Crippen LogP contribution in [-0.2, 0) is 11.8 Å². The zero-order valence-electron chi connectivity index (χ0n) is 19.3. The van der Waals surface area contributed by atoms with E-state index in [4.69, 9.17) is 0 Å². The quantitative estimate of drug-likeness (QED) is 0.490. The van der Waals surface area contributed by atoms with Crippen LogP contribution in [0.25, 0.3) is 5.57 Å². The van der Waals surface area contributed by atoms with Gasteiger partial charge in [0.1, 0.15) is 0 Å². The number of hydrogen-bond acceptors (Lipinski definition) is 1. The summed E-state index contributed by atoms with van der Waals surface area (Å²) in [7, 11) is 0. The van der Waals surface area contributed by atoms with Gasteiger partial charge < -0.3 is 5.32 Å². The molecule has 29 heavy (non-hydrogen) atoms. The normalized spacial score (nSPS) is 13.0. The predicted octanol–water partition coefficient (Wildman–Crippen LogP) is 8.46. The van der Waals surface area contributed by atoms with Gasteiger partial charge in [0.25, 0.3) is 0 Å². The summed E-state index contributed by atoms with van der Waals surface area (Å²) in [5.74, 6) is 0. The number of rotatable bonds is 6. The average Bonchev–Trinajstić information content (AvgIpc) is 2.61. The molecule has 2 aromatic carbocycles. The van der Waals surface area contributed by atoms with Crippen molar-refractivity contribution < 1.29 is 0 Å². The summed E-state index contributed by atoms with van der Waals surface area (Å²) in [6.45, 7) is 19.7. The molecule has 0 saturated heterocycles. The van der Waals surface area contributed by atoms with E-state index in [2.05, 4.69) is 108 Å². The molecule has 0 fully saturated rings. The smallest absolute Gasteiger partial charge is 0.0464 e. The van der Waals surface area contributed by atoms with E-state index in [1.807, 2.05) is 19.1 Å². The van der Waals surface area contributed by atoms with Gasteiger partial charge in [0.2, 0.25) is 0 Å². The minimum absolute atomic E-state index is 0.0901. The lowest BCUT2D eigenvalue weighted by molar-refractivity contribution is 0.411. The number of anilines is 2. The van der Waals surface area contributed by atoms with E-state index in [0.717, 1.165) is 23.4 Å². The molecular weight excluding hydrogens is 350 g/mol. The number of nitrogens with one attached hydrogen (secondary N) is 1. The molecule has 1 nitrogen and oxygen atoms in total. The first-order valence-electron chi connectivity index (χ1n) is 10.5. The number of allylic oxidation sites excluding steroid dienone is 5. The molecule has 2 aromatic rings. The van der Waals surface area contributed by atoms with Crippen molar-refractivity contribution in [2.24, 2.45) is 5.41 Å². The molecule has 0 atom stereocenters. The monoisotopic (exact) mass is 387 g/mol. The molecule has 154 valence electrons. The van der Waals surface area contributed by atoms with Gasteiger partial charge in [0.05, 0.1) is 0 Å². The molecule has 2 rings (SSSR count). The summed E-state index contributed by atoms with van der Waals surface area (Å²) in [6.07, 6.45) is 9.21. The summed E-state index contributed by atoms with van der Waals surface area (Å²) in [6, 6.07) is 15.4. The van der Waals surface area contributed by atoms with Gasteiger partial charge in [-0.15, -0.1) is 0 Å². The summed E-state index contributed by atoms with van der Waals surface area (Å²) < 4.78 is 0. The molecule has 0 bridgehead atoms. The molecule has 0 aliphatic rings. The third-order valence-electron chi connectivity index (χ3n) is 4.83. The molecule has 0 amide bonds. The zero-order valence-corrected chi connectivity index (χ0v) is 19.3. The van der Waals surface area contributed by atoms with Crippen LogP contribution in [0.3, 0.4) is 0 Å². The van der Waals surface area contributed by atoms with Gasteiger partial charge in [0, 0.05) is 16.9 Å². The minimum Gasteiger partial charge on any atom is -0.355 e. The highest BCUT2D eigenvalue weighted by Gasteiger charge is 2.17. The minimum atomic E-state index is 0.0901. The van der Waals surface area contributed by atoms with E-state index in [0.29, 0.717) is 0 Å². The summed E-state index contributed by atoms with van der Waals surface area (Å²) in [5, 5.41) is 3.66. The van der Waals surface area contributed by atoms with E-state index in [1.54, 1.807) is 0 Å². The molecule has 1 heteroatoms. The highest BCUT2D eigenvalue weighted by Crippen LogP contribution is 2.33. The lowest BCUT2D eigenvalue weighted by atomic mass is 9.84. The van der Waals surface area contributed by atoms with Crippen molar-refractivity contribution in [3.05, 3.63) is 90.0 Å². The molecule has 0 heterocycles. The van der Waals surface area contributed by atoms with Crippen molar-refractivity contribution in [2.75, 3.05) is 5.32 Å². The Morgan fingerprint density at radius 3 is 2.31 bits per heavy atom. The number of benzene rings is 2. The van der Waals surface area contributed by atoms with Gasteiger partial charge in [0.15, 0.2) is 0 Å². The van der Waals surface area contributed by atoms with Crippen molar-refractivity contribution in [1.29, 1.82) is 0 Å².